The van der Waals surface area contributed by atoms with Crippen molar-refractivity contribution in [2.24, 2.45) is 0 Å². The fraction of sp³-hybridized carbons (Fsp3) is 0.188. The SMILES string of the molecule is Cc1cc(C(=O)CSc2nnc(N)s2)c(C)n1-c1cccc(F)c1. The predicted octanol–water partition coefficient (Wildman–Crippen LogP) is 3.64. The first-order chi connectivity index (χ1) is 11.5. The summed E-state index contributed by atoms with van der Waals surface area (Å²) in [4.78, 5) is 12.5. The van der Waals surface area contributed by atoms with Gasteiger partial charge in [0.15, 0.2) is 10.1 Å². The molecule has 0 bridgehead atoms. The molecular formula is C16H15FN4OS2. The third-order valence-electron chi connectivity index (χ3n) is 3.55. The van der Waals surface area contributed by atoms with Crippen molar-refractivity contribution in [3.63, 3.8) is 0 Å². The van der Waals surface area contributed by atoms with Crippen LogP contribution in [-0.4, -0.2) is 26.3 Å². The second-order valence-electron chi connectivity index (χ2n) is 5.22. The Balaban J connectivity index is 1.84. The number of halogens is 1. The lowest BCUT2D eigenvalue weighted by molar-refractivity contribution is 0.102. The van der Waals surface area contributed by atoms with E-state index in [0.29, 0.717) is 20.7 Å². The van der Waals surface area contributed by atoms with Crippen LogP contribution < -0.4 is 5.73 Å². The van der Waals surface area contributed by atoms with Gasteiger partial charge in [-0.1, -0.05) is 29.2 Å². The number of nitrogens with two attached hydrogens (primary N) is 1. The highest BCUT2D eigenvalue weighted by Crippen LogP contribution is 2.26. The van der Waals surface area contributed by atoms with Gasteiger partial charge in [-0.15, -0.1) is 10.2 Å². The highest BCUT2D eigenvalue weighted by atomic mass is 32.2. The van der Waals surface area contributed by atoms with E-state index in [0.717, 1.165) is 11.4 Å². The highest BCUT2D eigenvalue weighted by Gasteiger charge is 2.17. The molecule has 0 aliphatic carbocycles. The van der Waals surface area contributed by atoms with Crippen molar-refractivity contribution < 1.29 is 9.18 Å². The molecule has 124 valence electrons. The number of aromatic nitrogens is 3. The number of ketones is 1. The summed E-state index contributed by atoms with van der Waals surface area (Å²) in [6.45, 7) is 3.76. The number of carbonyl (C=O) groups is 1. The Hall–Kier alpha value is -2.19. The van der Waals surface area contributed by atoms with Crippen LogP contribution in [0.4, 0.5) is 9.52 Å². The van der Waals surface area contributed by atoms with E-state index in [-0.39, 0.29) is 17.4 Å². The first-order valence-electron chi connectivity index (χ1n) is 7.15. The number of aryl methyl sites for hydroxylation is 1. The van der Waals surface area contributed by atoms with Crippen molar-refractivity contribution >= 4 is 34.0 Å². The molecule has 0 fully saturated rings. The van der Waals surface area contributed by atoms with Crippen LogP contribution >= 0.6 is 23.1 Å². The number of nitrogens with zero attached hydrogens (tertiary/aromatic N) is 3. The molecule has 0 saturated heterocycles. The molecule has 0 radical (unpaired) electrons. The summed E-state index contributed by atoms with van der Waals surface area (Å²) in [5.74, 6) is -0.0657. The van der Waals surface area contributed by atoms with Crippen LogP contribution in [0.5, 0.6) is 0 Å². The van der Waals surface area contributed by atoms with Crippen LogP contribution in [0, 0.1) is 19.7 Å². The van der Waals surface area contributed by atoms with Crippen LogP contribution in [0.1, 0.15) is 21.7 Å². The lowest BCUT2D eigenvalue weighted by Gasteiger charge is -2.09. The lowest BCUT2D eigenvalue weighted by Crippen LogP contribution is -2.05. The molecule has 24 heavy (non-hydrogen) atoms. The Morgan fingerprint density at radius 3 is 2.79 bits per heavy atom. The van der Waals surface area contributed by atoms with Gasteiger partial charge in [-0.2, -0.15) is 0 Å². The zero-order valence-corrected chi connectivity index (χ0v) is 14.7. The highest BCUT2D eigenvalue weighted by molar-refractivity contribution is 8.01. The first-order valence-corrected chi connectivity index (χ1v) is 8.96. The van der Waals surface area contributed by atoms with E-state index in [2.05, 4.69) is 10.2 Å². The normalized spacial score (nSPS) is 11.0. The molecule has 2 heterocycles. The maximum absolute atomic E-state index is 13.5. The summed E-state index contributed by atoms with van der Waals surface area (Å²) in [6.07, 6.45) is 0. The van der Waals surface area contributed by atoms with E-state index >= 15 is 0 Å². The molecule has 0 spiro atoms. The van der Waals surface area contributed by atoms with E-state index in [9.17, 15) is 9.18 Å². The van der Waals surface area contributed by atoms with Crippen LogP contribution in [-0.2, 0) is 0 Å². The second-order valence-corrected chi connectivity index (χ2v) is 7.45. The van der Waals surface area contributed by atoms with Crippen LogP contribution in [0.2, 0.25) is 0 Å². The fourth-order valence-corrected chi connectivity index (χ4v) is 4.06. The Bertz CT molecular complexity index is 903. The van der Waals surface area contributed by atoms with Crippen molar-refractivity contribution in [1.82, 2.24) is 14.8 Å². The van der Waals surface area contributed by atoms with Gasteiger partial charge in [-0.25, -0.2) is 4.39 Å². The van der Waals surface area contributed by atoms with Gasteiger partial charge in [0.25, 0.3) is 0 Å². The van der Waals surface area contributed by atoms with Gasteiger partial charge in [-0.3, -0.25) is 4.79 Å². The topological polar surface area (TPSA) is 73.8 Å². The third-order valence-corrected chi connectivity index (χ3v) is 5.43. The Morgan fingerprint density at radius 1 is 1.33 bits per heavy atom. The molecule has 5 nitrogen and oxygen atoms in total. The molecule has 3 aromatic rings. The van der Waals surface area contributed by atoms with Crippen molar-refractivity contribution in [2.45, 2.75) is 18.2 Å². The standard InChI is InChI=1S/C16H15FN4OS2/c1-9-6-13(14(22)8-23-16-20-19-15(18)24-16)10(2)21(9)12-5-3-4-11(17)7-12/h3-7H,8H2,1-2H3,(H2,18,19). The lowest BCUT2D eigenvalue weighted by atomic mass is 10.2. The molecule has 0 amide bonds. The minimum atomic E-state index is -0.308. The third kappa shape index (κ3) is 3.34. The summed E-state index contributed by atoms with van der Waals surface area (Å²) in [5.41, 5.74) is 8.53. The molecule has 2 N–H and O–H groups in total. The van der Waals surface area contributed by atoms with Gasteiger partial charge in [0.2, 0.25) is 5.13 Å². The van der Waals surface area contributed by atoms with Gasteiger partial charge < -0.3 is 10.3 Å². The Labute approximate surface area is 146 Å². The number of hydrogen-bond acceptors (Lipinski definition) is 6. The minimum absolute atomic E-state index is 0.00970. The van der Waals surface area contributed by atoms with Gasteiger partial charge in [0.1, 0.15) is 5.82 Å². The summed E-state index contributed by atoms with van der Waals surface area (Å²) in [5, 5.41) is 8.00. The number of Topliss-reactive ketones (excluding diaryl/α,β-unsaturated/α-hetero) is 1. The molecule has 0 atom stereocenters. The minimum Gasteiger partial charge on any atom is -0.374 e. The number of hydrogen-bond donors (Lipinski definition) is 1. The summed E-state index contributed by atoms with van der Waals surface area (Å²) in [7, 11) is 0. The quantitative estimate of drug-likeness (QED) is 0.554. The molecule has 1 aromatic carbocycles. The van der Waals surface area contributed by atoms with E-state index < -0.39 is 0 Å². The average molecular weight is 362 g/mol. The van der Waals surface area contributed by atoms with Crippen molar-refractivity contribution in [1.29, 1.82) is 0 Å². The smallest absolute Gasteiger partial charge is 0.203 e. The molecule has 8 heteroatoms. The zero-order valence-electron chi connectivity index (χ0n) is 13.1. The summed E-state index contributed by atoms with van der Waals surface area (Å²) < 4.78 is 16.0. The van der Waals surface area contributed by atoms with Gasteiger partial charge >= 0.3 is 0 Å². The molecule has 0 unspecified atom stereocenters. The van der Waals surface area contributed by atoms with E-state index in [1.807, 2.05) is 30.5 Å². The number of anilines is 1. The number of benzene rings is 1. The largest absolute Gasteiger partial charge is 0.374 e. The van der Waals surface area contributed by atoms with Crippen molar-refractivity contribution in [3.05, 3.63) is 53.1 Å². The van der Waals surface area contributed by atoms with E-state index in [4.69, 9.17) is 5.73 Å². The predicted molar refractivity (Wildman–Crippen MR) is 94.6 cm³/mol. The summed E-state index contributed by atoms with van der Waals surface area (Å²) in [6, 6.07) is 8.15. The van der Waals surface area contributed by atoms with Gasteiger partial charge in [0, 0.05) is 22.6 Å². The summed E-state index contributed by atoms with van der Waals surface area (Å²) >= 11 is 2.57. The number of thioether (sulfide) groups is 1. The second kappa shape index (κ2) is 6.74. The molecule has 0 saturated carbocycles. The zero-order chi connectivity index (χ0) is 17.3. The first kappa shape index (κ1) is 16.7. The Kier molecular flexibility index (Phi) is 4.68. The average Bonchev–Trinajstić information content (AvgIpc) is 3.08. The Morgan fingerprint density at radius 2 is 2.12 bits per heavy atom. The molecular weight excluding hydrogens is 347 g/mol. The molecule has 2 aromatic heterocycles. The molecule has 0 aliphatic heterocycles. The van der Waals surface area contributed by atoms with Crippen LogP contribution in [0.3, 0.4) is 0 Å². The van der Waals surface area contributed by atoms with Gasteiger partial charge in [0.05, 0.1) is 5.75 Å². The van der Waals surface area contributed by atoms with Crippen LogP contribution in [0.15, 0.2) is 34.7 Å². The molecule has 0 aliphatic rings. The fourth-order valence-electron chi connectivity index (χ4n) is 2.54. The van der Waals surface area contributed by atoms with Gasteiger partial charge in [-0.05, 0) is 38.1 Å². The maximum atomic E-state index is 13.5. The van der Waals surface area contributed by atoms with E-state index in [1.54, 1.807) is 6.07 Å². The maximum Gasteiger partial charge on any atom is 0.203 e. The monoisotopic (exact) mass is 362 g/mol. The van der Waals surface area contributed by atoms with Crippen LogP contribution in [0.25, 0.3) is 5.69 Å². The van der Waals surface area contributed by atoms with Crippen molar-refractivity contribution in [3.8, 4) is 5.69 Å². The number of rotatable bonds is 5. The number of nitrogen functional groups attached to an aromatic ring is 1. The van der Waals surface area contributed by atoms with E-state index in [1.165, 1.54) is 35.2 Å². The van der Waals surface area contributed by atoms with Crippen molar-refractivity contribution in [2.75, 3.05) is 11.5 Å². The number of carbonyl (C=O) groups excluding carboxylic acids is 1. The molecule has 3 rings (SSSR count).